The van der Waals surface area contributed by atoms with Crippen LogP contribution in [0.15, 0.2) is 42.5 Å². The van der Waals surface area contributed by atoms with Gasteiger partial charge in [0, 0.05) is 0 Å². The van der Waals surface area contributed by atoms with E-state index in [1.165, 1.54) is 31.4 Å². The summed E-state index contributed by atoms with van der Waals surface area (Å²) < 4.78 is 15.9. The van der Waals surface area contributed by atoms with Crippen molar-refractivity contribution in [2.45, 2.75) is 0 Å². The Morgan fingerprint density at radius 1 is 0.846 bits per heavy atom. The van der Waals surface area contributed by atoms with Gasteiger partial charge >= 0.3 is 11.9 Å². The average Bonchev–Trinajstić information content (AvgIpc) is 2.65. The first-order valence-electron chi connectivity index (χ1n) is 7.76. The molecule has 1 aliphatic heterocycles. The number of ether oxygens (including phenoxy) is 3. The van der Waals surface area contributed by atoms with Crippen molar-refractivity contribution in [3.05, 3.63) is 53.6 Å². The van der Waals surface area contributed by atoms with Gasteiger partial charge in [-0.3, -0.25) is 0 Å². The van der Waals surface area contributed by atoms with E-state index in [1.807, 2.05) is 0 Å². The molecule has 0 fully saturated rings. The predicted octanol–water partition coefficient (Wildman–Crippen LogP) is 2.55. The Bertz CT molecular complexity index is 881. The number of benzene rings is 2. The van der Waals surface area contributed by atoms with Crippen molar-refractivity contribution < 1.29 is 34.0 Å². The Morgan fingerprint density at radius 3 is 1.96 bits per heavy atom. The maximum Gasteiger partial charge on any atom is 0.337 e. The zero-order chi connectivity index (χ0) is 18.7. The highest BCUT2D eigenvalue weighted by Gasteiger charge is 2.25. The number of rotatable bonds is 5. The normalized spacial score (nSPS) is 13.6. The molecule has 0 aromatic heterocycles. The number of methoxy groups -OCH3 is 1. The topological polar surface area (TPSA) is 102 Å². The minimum Gasteiger partial charge on any atom is -0.497 e. The van der Waals surface area contributed by atoms with Gasteiger partial charge in [-0.1, -0.05) is 18.2 Å². The van der Waals surface area contributed by atoms with Crippen LogP contribution in [0.25, 0.3) is 11.1 Å². The first-order valence-corrected chi connectivity index (χ1v) is 7.76. The molecule has 3 rings (SSSR count). The molecule has 26 heavy (non-hydrogen) atoms. The maximum atomic E-state index is 11.9. The lowest BCUT2D eigenvalue weighted by molar-refractivity contribution is -0.132. The Morgan fingerprint density at radius 2 is 1.38 bits per heavy atom. The molecule has 0 unspecified atom stereocenters. The van der Waals surface area contributed by atoms with Crippen LogP contribution in [0, 0.1) is 0 Å². The fraction of sp³-hybridized carbons (Fsp3) is 0.158. The van der Waals surface area contributed by atoms with E-state index in [2.05, 4.69) is 0 Å². The van der Waals surface area contributed by atoms with E-state index in [1.54, 1.807) is 18.2 Å². The zero-order valence-corrected chi connectivity index (χ0v) is 13.9. The third-order valence-corrected chi connectivity index (χ3v) is 3.89. The predicted molar refractivity (Wildman–Crippen MR) is 92.5 cm³/mol. The van der Waals surface area contributed by atoms with Crippen LogP contribution in [0.4, 0.5) is 0 Å². The van der Waals surface area contributed by atoms with E-state index in [0.29, 0.717) is 30.5 Å². The fourth-order valence-corrected chi connectivity index (χ4v) is 2.71. The zero-order valence-electron chi connectivity index (χ0n) is 13.9. The lowest BCUT2D eigenvalue weighted by atomic mass is 9.94. The summed E-state index contributed by atoms with van der Waals surface area (Å²) in [5, 5.41) is 19.4. The maximum absolute atomic E-state index is 11.9. The van der Waals surface area contributed by atoms with Crippen LogP contribution in [0.5, 0.6) is 17.2 Å². The Labute approximate surface area is 149 Å². The van der Waals surface area contributed by atoms with Crippen LogP contribution < -0.4 is 14.2 Å². The highest BCUT2D eigenvalue weighted by molar-refractivity contribution is 6.36. The average molecular weight is 356 g/mol. The van der Waals surface area contributed by atoms with Gasteiger partial charge in [-0.05, 0) is 35.4 Å². The molecule has 0 spiro atoms. The number of aliphatic carboxylic acids is 2. The monoisotopic (exact) mass is 356 g/mol. The minimum atomic E-state index is -1.35. The van der Waals surface area contributed by atoms with Crippen molar-refractivity contribution in [2.75, 3.05) is 20.3 Å². The van der Waals surface area contributed by atoms with E-state index in [-0.39, 0.29) is 22.3 Å². The first kappa shape index (κ1) is 17.3. The second-order valence-electron chi connectivity index (χ2n) is 5.45. The van der Waals surface area contributed by atoms with Crippen LogP contribution in [0.1, 0.15) is 11.1 Å². The highest BCUT2D eigenvalue weighted by atomic mass is 16.6. The lowest BCUT2D eigenvalue weighted by Gasteiger charge is -2.19. The lowest BCUT2D eigenvalue weighted by Crippen LogP contribution is -2.16. The van der Waals surface area contributed by atoms with Crippen LogP contribution in [-0.4, -0.2) is 42.5 Å². The third-order valence-electron chi connectivity index (χ3n) is 3.89. The summed E-state index contributed by atoms with van der Waals surface area (Å²) in [4.78, 5) is 23.7. The van der Waals surface area contributed by atoms with E-state index < -0.39 is 11.9 Å². The summed E-state index contributed by atoms with van der Waals surface area (Å²) in [5.41, 5.74) is -0.183. The smallest absolute Gasteiger partial charge is 0.337 e. The van der Waals surface area contributed by atoms with Crippen LogP contribution in [0.2, 0.25) is 0 Å². The minimum absolute atomic E-state index is 0.218. The van der Waals surface area contributed by atoms with Gasteiger partial charge < -0.3 is 24.4 Å². The van der Waals surface area contributed by atoms with Gasteiger partial charge in [-0.2, -0.15) is 0 Å². The number of fused-ring (bicyclic) bond motifs is 1. The molecule has 2 aromatic rings. The number of carbonyl (C=O) groups is 2. The van der Waals surface area contributed by atoms with E-state index in [4.69, 9.17) is 14.2 Å². The second kappa shape index (κ2) is 7.18. The Hall–Kier alpha value is -3.48. The second-order valence-corrected chi connectivity index (χ2v) is 5.45. The molecule has 2 aromatic carbocycles. The van der Waals surface area contributed by atoms with Crippen molar-refractivity contribution >= 4 is 23.1 Å². The molecular formula is C19H16O7. The van der Waals surface area contributed by atoms with Crippen LogP contribution in [0.3, 0.4) is 0 Å². The van der Waals surface area contributed by atoms with Crippen molar-refractivity contribution in [1.29, 1.82) is 0 Å². The SMILES string of the molecule is COc1ccc(C(C(=O)O)=C(C(=O)O)c2ccc3c(c2)OCCO3)cc1. The number of hydrogen-bond donors (Lipinski definition) is 2. The van der Waals surface area contributed by atoms with E-state index >= 15 is 0 Å². The molecule has 134 valence electrons. The van der Waals surface area contributed by atoms with Gasteiger partial charge in [0.05, 0.1) is 18.3 Å². The summed E-state index contributed by atoms with van der Waals surface area (Å²) in [6.07, 6.45) is 0. The van der Waals surface area contributed by atoms with Crippen LogP contribution >= 0.6 is 0 Å². The summed E-state index contributed by atoms with van der Waals surface area (Å²) in [5.74, 6) is -1.29. The Balaban J connectivity index is 2.18. The van der Waals surface area contributed by atoms with Crippen molar-refractivity contribution in [3.8, 4) is 17.2 Å². The summed E-state index contributed by atoms with van der Waals surface area (Å²) in [6, 6.07) is 10.7. The molecule has 0 aliphatic carbocycles. The molecule has 0 atom stereocenters. The van der Waals surface area contributed by atoms with E-state index in [0.717, 1.165) is 0 Å². The number of hydrogen-bond acceptors (Lipinski definition) is 5. The van der Waals surface area contributed by atoms with Crippen LogP contribution in [-0.2, 0) is 9.59 Å². The third kappa shape index (κ3) is 3.32. The molecule has 7 nitrogen and oxygen atoms in total. The molecule has 0 saturated carbocycles. The summed E-state index contributed by atoms with van der Waals surface area (Å²) >= 11 is 0. The fourth-order valence-electron chi connectivity index (χ4n) is 2.71. The highest BCUT2D eigenvalue weighted by Crippen LogP contribution is 2.35. The largest absolute Gasteiger partial charge is 0.497 e. The first-order chi connectivity index (χ1) is 12.5. The molecule has 0 amide bonds. The number of carboxylic acid groups (broad SMARTS) is 2. The van der Waals surface area contributed by atoms with Gasteiger partial charge in [-0.25, -0.2) is 9.59 Å². The van der Waals surface area contributed by atoms with Gasteiger partial charge in [0.25, 0.3) is 0 Å². The van der Waals surface area contributed by atoms with Gasteiger partial charge in [0.15, 0.2) is 11.5 Å². The van der Waals surface area contributed by atoms with E-state index in [9.17, 15) is 19.8 Å². The van der Waals surface area contributed by atoms with Crippen molar-refractivity contribution in [1.82, 2.24) is 0 Å². The standard InChI is InChI=1S/C19H16O7/c1-24-13-5-2-11(3-6-13)16(18(20)21)17(19(22)23)12-4-7-14-15(10-12)26-9-8-25-14/h2-7,10H,8-9H2,1H3,(H,20,21)(H,22,23). The quantitative estimate of drug-likeness (QED) is 0.627. The molecule has 0 bridgehead atoms. The molecule has 1 aliphatic rings. The number of carboxylic acids is 2. The molecule has 1 heterocycles. The Kier molecular flexibility index (Phi) is 4.79. The molecule has 0 radical (unpaired) electrons. The van der Waals surface area contributed by atoms with Crippen molar-refractivity contribution in [3.63, 3.8) is 0 Å². The van der Waals surface area contributed by atoms with Gasteiger partial charge in [0.2, 0.25) is 0 Å². The molecule has 0 saturated heterocycles. The molecule has 2 N–H and O–H groups in total. The summed E-state index contributed by atoms with van der Waals surface area (Å²) in [7, 11) is 1.49. The molecule has 7 heteroatoms. The summed E-state index contributed by atoms with van der Waals surface area (Å²) in [6.45, 7) is 0.743. The van der Waals surface area contributed by atoms with Gasteiger partial charge in [-0.15, -0.1) is 0 Å². The van der Waals surface area contributed by atoms with Crippen molar-refractivity contribution in [2.24, 2.45) is 0 Å². The molecular weight excluding hydrogens is 340 g/mol. The van der Waals surface area contributed by atoms with Gasteiger partial charge in [0.1, 0.15) is 19.0 Å².